The van der Waals surface area contributed by atoms with Crippen molar-refractivity contribution in [3.05, 3.63) is 30.2 Å². The highest BCUT2D eigenvalue weighted by Crippen LogP contribution is 2.16. The van der Waals surface area contributed by atoms with Crippen LogP contribution < -0.4 is 11.1 Å². The van der Waals surface area contributed by atoms with Crippen LogP contribution in [0.25, 0.3) is 0 Å². The summed E-state index contributed by atoms with van der Waals surface area (Å²) in [4.78, 5) is 15.1. The average molecular weight is 221 g/mol. The number of allylic oxidation sites excluding steroid dienone is 1. The highest BCUT2D eigenvalue weighted by molar-refractivity contribution is 5.83. The Labute approximate surface area is 94.3 Å². The summed E-state index contributed by atoms with van der Waals surface area (Å²) < 4.78 is 4.78. The second-order valence-electron chi connectivity index (χ2n) is 3.17. The number of nitrogen functional groups attached to an aromatic ring is 1. The summed E-state index contributed by atoms with van der Waals surface area (Å²) in [5.74, 6) is -0.380. The maximum absolute atomic E-state index is 11.1. The van der Waals surface area contributed by atoms with Crippen LogP contribution in [0.15, 0.2) is 30.2 Å². The number of carbonyl (C=O) groups excluding carboxylic acids is 1. The van der Waals surface area contributed by atoms with Crippen molar-refractivity contribution in [1.82, 2.24) is 4.98 Å². The first kappa shape index (κ1) is 12.0. The van der Waals surface area contributed by atoms with Crippen molar-refractivity contribution in [2.75, 3.05) is 17.7 Å². The zero-order chi connectivity index (χ0) is 12.0. The van der Waals surface area contributed by atoms with E-state index in [9.17, 15) is 4.79 Å². The van der Waals surface area contributed by atoms with Crippen LogP contribution in [-0.4, -0.2) is 17.6 Å². The molecule has 0 amide bonds. The highest BCUT2D eigenvalue weighted by atomic mass is 16.5. The maximum atomic E-state index is 11.1. The lowest BCUT2D eigenvalue weighted by Gasteiger charge is -2.08. The Morgan fingerprint density at radius 1 is 1.69 bits per heavy atom. The molecule has 0 spiro atoms. The predicted octanol–water partition coefficient (Wildman–Crippen LogP) is 1.54. The minimum atomic E-state index is -0.380. The van der Waals surface area contributed by atoms with E-state index in [2.05, 4.69) is 10.3 Å². The van der Waals surface area contributed by atoms with E-state index >= 15 is 0 Å². The Morgan fingerprint density at radius 3 is 3.06 bits per heavy atom. The van der Waals surface area contributed by atoms with Crippen molar-refractivity contribution in [2.24, 2.45) is 0 Å². The summed E-state index contributed by atoms with van der Waals surface area (Å²) in [6.45, 7) is 3.87. The molecule has 5 nitrogen and oxygen atoms in total. The Kier molecular flexibility index (Phi) is 4.32. The standard InChI is InChI=1S/C11H15N3O2/c1-3-16-11(15)6-8(2)14-10-7-13-5-4-9(10)12/h4-7,14H,3H2,1-2H3,(H2,12,13)/b8-6-. The zero-order valence-corrected chi connectivity index (χ0v) is 9.36. The average Bonchev–Trinajstić information content (AvgIpc) is 2.21. The summed E-state index contributed by atoms with van der Waals surface area (Å²) in [5.41, 5.74) is 7.61. The molecule has 0 aliphatic carbocycles. The summed E-state index contributed by atoms with van der Waals surface area (Å²) in [5, 5.41) is 2.97. The molecular weight excluding hydrogens is 206 g/mol. The number of esters is 1. The first-order valence-electron chi connectivity index (χ1n) is 4.95. The van der Waals surface area contributed by atoms with E-state index in [0.717, 1.165) is 0 Å². The molecule has 1 rings (SSSR count). The van der Waals surface area contributed by atoms with E-state index in [4.69, 9.17) is 10.5 Å². The van der Waals surface area contributed by atoms with Crippen LogP contribution in [0, 0.1) is 0 Å². The van der Waals surface area contributed by atoms with Crippen molar-refractivity contribution in [3.8, 4) is 0 Å². The molecule has 0 aromatic carbocycles. The van der Waals surface area contributed by atoms with Crippen molar-refractivity contribution < 1.29 is 9.53 Å². The first-order valence-corrected chi connectivity index (χ1v) is 4.95. The molecule has 0 aliphatic rings. The lowest BCUT2D eigenvalue weighted by atomic mass is 10.3. The van der Waals surface area contributed by atoms with E-state index in [1.54, 1.807) is 32.3 Å². The number of ether oxygens (including phenoxy) is 1. The largest absolute Gasteiger partial charge is 0.463 e. The van der Waals surface area contributed by atoms with E-state index in [1.165, 1.54) is 6.08 Å². The van der Waals surface area contributed by atoms with Gasteiger partial charge in [0.2, 0.25) is 0 Å². The predicted molar refractivity (Wildman–Crippen MR) is 62.7 cm³/mol. The second-order valence-corrected chi connectivity index (χ2v) is 3.17. The molecule has 0 bridgehead atoms. The fraction of sp³-hybridized carbons (Fsp3) is 0.273. The molecule has 0 fully saturated rings. The fourth-order valence-corrected chi connectivity index (χ4v) is 1.12. The highest BCUT2D eigenvalue weighted by Gasteiger charge is 2.01. The lowest BCUT2D eigenvalue weighted by Crippen LogP contribution is -2.05. The molecule has 3 N–H and O–H groups in total. The van der Waals surface area contributed by atoms with Crippen molar-refractivity contribution in [3.63, 3.8) is 0 Å². The van der Waals surface area contributed by atoms with Crippen LogP contribution >= 0.6 is 0 Å². The van der Waals surface area contributed by atoms with Crippen molar-refractivity contribution >= 4 is 17.3 Å². The number of aromatic nitrogens is 1. The number of rotatable bonds is 4. The normalized spacial score (nSPS) is 11.0. The second kappa shape index (κ2) is 5.75. The Morgan fingerprint density at radius 2 is 2.44 bits per heavy atom. The van der Waals surface area contributed by atoms with Crippen LogP contribution in [-0.2, 0) is 9.53 Å². The third-order valence-corrected chi connectivity index (χ3v) is 1.81. The van der Waals surface area contributed by atoms with Crippen molar-refractivity contribution in [1.29, 1.82) is 0 Å². The quantitative estimate of drug-likeness (QED) is 0.595. The van der Waals surface area contributed by atoms with Crippen LogP contribution in [0.4, 0.5) is 11.4 Å². The molecule has 0 radical (unpaired) electrons. The van der Waals surface area contributed by atoms with Crippen LogP contribution in [0.5, 0.6) is 0 Å². The number of nitrogens with zero attached hydrogens (tertiary/aromatic N) is 1. The van der Waals surface area contributed by atoms with E-state index in [-0.39, 0.29) is 5.97 Å². The lowest BCUT2D eigenvalue weighted by molar-refractivity contribution is -0.137. The van der Waals surface area contributed by atoms with Gasteiger partial charge in [0.05, 0.1) is 24.2 Å². The molecule has 1 aromatic rings. The van der Waals surface area contributed by atoms with Gasteiger partial charge in [-0.05, 0) is 19.9 Å². The topological polar surface area (TPSA) is 77.2 Å². The fourth-order valence-electron chi connectivity index (χ4n) is 1.12. The molecule has 0 saturated heterocycles. The van der Waals surface area contributed by atoms with Gasteiger partial charge >= 0.3 is 5.97 Å². The first-order chi connectivity index (χ1) is 7.63. The number of hydrogen-bond donors (Lipinski definition) is 2. The third-order valence-electron chi connectivity index (χ3n) is 1.81. The summed E-state index contributed by atoms with van der Waals surface area (Å²) in [6, 6.07) is 1.68. The van der Waals surface area contributed by atoms with Gasteiger partial charge in [0.15, 0.2) is 0 Å². The number of nitrogens with two attached hydrogens (primary N) is 1. The Bertz CT molecular complexity index is 402. The number of nitrogens with one attached hydrogen (secondary N) is 1. The monoisotopic (exact) mass is 221 g/mol. The molecule has 5 heteroatoms. The summed E-state index contributed by atoms with van der Waals surface area (Å²) >= 11 is 0. The minimum Gasteiger partial charge on any atom is -0.463 e. The smallest absolute Gasteiger partial charge is 0.332 e. The number of anilines is 2. The SMILES string of the molecule is CCOC(=O)/C=C(/C)Nc1cnccc1N. The molecule has 0 saturated carbocycles. The van der Waals surface area contributed by atoms with E-state index in [1.807, 2.05) is 0 Å². The van der Waals surface area contributed by atoms with Gasteiger partial charge in [-0.25, -0.2) is 4.79 Å². The minimum absolute atomic E-state index is 0.359. The molecule has 1 aromatic heterocycles. The van der Waals surface area contributed by atoms with Gasteiger partial charge < -0.3 is 15.8 Å². The Hall–Kier alpha value is -2.04. The maximum Gasteiger partial charge on any atom is 0.332 e. The number of carbonyl (C=O) groups is 1. The van der Waals surface area contributed by atoms with Crippen LogP contribution in [0.3, 0.4) is 0 Å². The van der Waals surface area contributed by atoms with Gasteiger partial charge in [-0.1, -0.05) is 0 Å². The number of hydrogen-bond acceptors (Lipinski definition) is 5. The Balaban J connectivity index is 2.67. The number of pyridine rings is 1. The third kappa shape index (κ3) is 3.61. The van der Waals surface area contributed by atoms with Gasteiger partial charge in [0, 0.05) is 18.0 Å². The van der Waals surface area contributed by atoms with E-state index < -0.39 is 0 Å². The molecule has 0 atom stereocenters. The molecule has 1 heterocycles. The molecule has 0 aliphatic heterocycles. The van der Waals surface area contributed by atoms with Gasteiger partial charge in [0.1, 0.15) is 0 Å². The molecular formula is C11H15N3O2. The van der Waals surface area contributed by atoms with Gasteiger partial charge in [-0.15, -0.1) is 0 Å². The van der Waals surface area contributed by atoms with Crippen LogP contribution in [0.2, 0.25) is 0 Å². The van der Waals surface area contributed by atoms with Crippen molar-refractivity contribution in [2.45, 2.75) is 13.8 Å². The van der Waals surface area contributed by atoms with Gasteiger partial charge in [0.25, 0.3) is 0 Å². The summed E-state index contributed by atoms with van der Waals surface area (Å²) in [7, 11) is 0. The zero-order valence-electron chi connectivity index (χ0n) is 9.36. The molecule has 0 unspecified atom stereocenters. The molecule has 16 heavy (non-hydrogen) atoms. The molecule has 86 valence electrons. The van der Waals surface area contributed by atoms with Crippen LogP contribution in [0.1, 0.15) is 13.8 Å². The summed E-state index contributed by atoms with van der Waals surface area (Å²) in [6.07, 6.45) is 4.57. The van der Waals surface area contributed by atoms with E-state index in [0.29, 0.717) is 23.7 Å². The van der Waals surface area contributed by atoms with Gasteiger partial charge in [-0.2, -0.15) is 0 Å². The van der Waals surface area contributed by atoms with Gasteiger partial charge in [-0.3, -0.25) is 4.98 Å².